The van der Waals surface area contributed by atoms with Crippen molar-refractivity contribution in [2.75, 3.05) is 45.9 Å². The first-order valence-corrected chi connectivity index (χ1v) is 10.8. The molecule has 1 fully saturated rings. The van der Waals surface area contributed by atoms with Gasteiger partial charge in [-0.15, -0.1) is 0 Å². The second-order valence-electron chi connectivity index (χ2n) is 7.48. The molecule has 0 aliphatic carbocycles. The van der Waals surface area contributed by atoms with E-state index in [-0.39, 0.29) is 23.7 Å². The van der Waals surface area contributed by atoms with Crippen LogP contribution in [0, 0.1) is 5.82 Å². The summed E-state index contributed by atoms with van der Waals surface area (Å²) in [6.07, 6.45) is 0. The largest absolute Gasteiger partial charge is 0.379 e. The summed E-state index contributed by atoms with van der Waals surface area (Å²) in [7, 11) is 0. The Bertz CT molecular complexity index is 878. The van der Waals surface area contributed by atoms with Gasteiger partial charge in [0, 0.05) is 43.9 Å². The summed E-state index contributed by atoms with van der Waals surface area (Å²) in [4.78, 5) is 29.1. The van der Waals surface area contributed by atoms with Crippen molar-refractivity contribution in [3.05, 3.63) is 71.0 Å². The molecule has 0 aromatic heterocycles. The van der Waals surface area contributed by atoms with Crippen molar-refractivity contribution in [3.63, 3.8) is 0 Å². The molecule has 0 radical (unpaired) electrons. The molecule has 0 saturated carbocycles. The molecule has 2 aromatic rings. The Morgan fingerprint density at radius 1 is 1.06 bits per heavy atom. The smallest absolute Gasteiger partial charge is 0.253 e. The number of amides is 2. The van der Waals surface area contributed by atoms with E-state index >= 15 is 0 Å². The van der Waals surface area contributed by atoms with E-state index in [1.807, 2.05) is 19.9 Å². The molecule has 2 amide bonds. The van der Waals surface area contributed by atoms with Crippen LogP contribution in [0.5, 0.6) is 0 Å². The van der Waals surface area contributed by atoms with Crippen molar-refractivity contribution in [2.45, 2.75) is 19.9 Å². The Morgan fingerprint density at radius 3 is 2.32 bits per heavy atom. The summed E-state index contributed by atoms with van der Waals surface area (Å²) in [5, 5.41) is 2.97. The molecule has 6 nitrogen and oxygen atoms in total. The third kappa shape index (κ3) is 5.89. The number of nitrogens with one attached hydrogen (secondary N) is 1. The van der Waals surface area contributed by atoms with E-state index in [4.69, 9.17) is 4.74 Å². The first-order valence-electron chi connectivity index (χ1n) is 10.8. The van der Waals surface area contributed by atoms with Crippen molar-refractivity contribution in [1.82, 2.24) is 15.1 Å². The molecule has 166 valence electrons. The van der Waals surface area contributed by atoms with Gasteiger partial charge in [0.25, 0.3) is 11.8 Å². The van der Waals surface area contributed by atoms with Crippen LogP contribution in [0.15, 0.2) is 48.5 Å². The minimum atomic E-state index is -0.296. The third-order valence-electron chi connectivity index (χ3n) is 5.62. The molecule has 0 spiro atoms. The van der Waals surface area contributed by atoms with Crippen LogP contribution in [0.1, 0.15) is 46.2 Å². The van der Waals surface area contributed by atoms with Gasteiger partial charge < -0.3 is 15.0 Å². The van der Waals surface area contributed by atoms with Gasteiger partial charge >= 0.3 is 0 Å². The number of hydrogen-bond donors (Lipinski definition) is 1. The quantitative estimate of drug-likeness (QED) is 0.703. The predicted octanol–water partition coefficient (Wildman–Crippen LogP) is 3.11. The highest BCUT2D eigenvalue weighted by atomic mass is 19.1. The van der Waals surface area contributed by atoms with Crippen LogP contribution in [0.25, 0.3) is 0 Å². The molecular formula is C24H30FN3O3. The predicted molar refractivity (Wildman–Crippen MR) is 118 cm³/mol. The minimum absolute atomic E-state index is 0.0459. The molecule has 31 heavy (non-hydrogen) atoms. The summed E-state index contributed by atoms with van der Waals surface area (Å²) >= 11 is 0. The van der Waals surface area contributed by atoms with Gasteiger partial charge in [-0.3, -0.25) is 14.5 Å². The maximum absolute atomic E-state index is 13.8. The molecule has 1 aliphatic rings. The number of hydrogen-bond acceptors (Lipinski definition) is 4. The molecule has 0 bridgehead atoms. The lowest BCUT2D eigenvalue weighted by Gasteiger charge is -2.35. The van der Waals surface area contributed by atoms with Crippen LogP contribution in [0.2, 0.25) is 0 Å². The van der Waals surface area contributed by atoms with Gasteiger partial charge in [0.05, 0.1) is 19.3 Å². The lowest BCUT2D eigenvalue weighted by molar-refractivity contribution is 0.0162. The van der Waals surface area contributed by atoms with E-state index in [1.54, 1.807) is 35.2 Å². The molecule has 1 heterocycles. The Morgan fingerprint density at radius 2 is 1.71 bits per heavy atom. The standard InChI is InChI=1S/C24H30FN3O3/c1-3-27(4-2)24(30)19-10-8-18(9-11-19)23(29)26-17-22(28-12-14-31-15-13-28)20-6-5-7-21(25)16-20/h5-11,16,22H,3-4,12-15,17H2,1-2H3,(H,26,29). The van der Waals surface area contributed by atoms with Crippen LogP contribution >= 0.6 is 0 Å². The molecule has 1 N–H and O–H groups in total. The maximum Gasteiger partial charge on any atom is 0.253 e. The first-order chi connectivity index (χ1) is 15.0. The van der Waals surface area contributed by atoms with Gasteiger partial charge in [-0.05, 0) is 55.8 Å². The second kappa shape index (κ2) is 11.0. The van der Waals surface area contributed by atoms with Gasteiger partial charge in [-0.25, -0.2) is 4.39 Å². The molecule has 1 saturated heterocycles. The fourth-order valence-electron chi connectivity index (χ4n) is 3.81. The average molecular weight is 428 g/mol. The van der Waals surface area contributed by atoms with Gasteiger partial charge in [0.1, 0.15) is 5.82 Å². The van der Waals surface area contributed by atoms with Crippen molar-refractivity contribution in [2.24, 2.45) is 0 Å². The molecular weight excluding hydrogens is 397 g/mol. The maximum atomic E-state index is 13.8. The highest BCUT2D eigenvalue weighted by molar-refractivity contribution is 5.97. The van der Waals surface area contributed by atoms with Crippen LogP contribution in [-0.2, 0) is 4.74 Å². The van der Waals surface area contributed by atoms with Crippen molar-refractivity contribution < 1.29 is 18.7 Å². The zero-order valence-corrected chi connectivity index (χ0v) is 18.1. The molecule has 1 atom stereocenters. The summed E-state index contributed by atoms with van der Waals surface area (Å²) in [5.41, 5.74) is 1.87. The Kier molecular flexibility index (Phi) is 8.14. The number of ether oxygens (including phenoxy) is 1. The number of carbonyl (C=O) groups is 2. The monoisotopic (exact) mass is 427 g/mol. The van der Waals surface area contributed by atoms with Gasteiger partial charge in [-0.1, -0.05) is 12.1 Å². The zero-order valence-electron chi connectivity index (χ0n) is 18.1. The first kappa shape index (κ1) is 22.9. The molecule has 1 unspecified atom stereocenters. The lowest BCUT2D eigenvalue weighted by atomic mass is 10.0. The van der Waals surface area contributed by atoms with Crippen molar-refractivity contribution in [1.29, 1.82) is 0 Å². The highest BCUT2D eigenvalue weighted by Gasteiger charge is 2.24. The summed E-state index contributed by atoms with van der Waals surface area (Å²) < 4.78 is 19.2. The summed E-state index contributed by atoms with van der Waals surface area (Å²) in [6, 6.07) is 13.0. The van der Waals surface area contributed by atoms with Crippen molar-refractivity contribution in [3.8, 4) is 0 Å². The number of halogens is 1. The Labute approximate surface area is 183 Å². The Hall–Kier alpha value is -2.77. The minimum Gasteiger partial charge on any atom is -0.379 e. The van der Waals surface area contributed by atoms with Gasteiger partial charge in [0.2, 0.25) is 0 Å². The van der Waals surface area contributed by atoms with E-state index in [9.17, 15) is 14.0 Å². The Balaban J connectivity index is 1.68. The van der Waals surface area contributed by atoms with E-state index in [0.717, 1.165) is 18.7 Å². The molecule has 7 heteroatoms. The van der Waals surface area contributed by atoms with Crippen LogP contribution in [-0.4, -0.2) is 67.6 Å². The highest BCUT2D eigenvalue weighted by Crippen LogP contribution is 2.22. The number of rotatable bonds is 8. The van der Waals surface area contributed by atoms with E-state index in [1.165, 1.54) is 12.1 Å². The third-order valence-corrected chi connectivity index (χ3v) is 5.62. The fraction of sp³-hybridized carbons (Fsp3) is 0.417. The SMILES string of the molecule is CCN(CC)C(=O)c1ccc(C(=O)NCC(c2cccc(F)c2)N2CCOCC2)cc1. The molecule has 3 rings (SSSR count). The normalized spacial score (nSPS) is 15.3. The summed E-state index contributed by atoms with van der Waals surface area (Å²) in [6.45, 7) is 8.17. The summed E-state index contributed by atoms with van der Waals surface area (Å²) in [5.74, 6) is -0.567. The number of morpholine rings is 1. The lowest BCUT2D eigenvalue weighted by Crippen LogP contribution is -2.43. The van der Waals surface area contributed by atoms with Gasteiger partial charge in [0.15, 0.2) is 0 Å². The van der Waals surface area contributed by atoms with E-state index in [2.05, 4.69) is 10.2 Å². The fourth-order valence-corrected chi connectivity index (χ4v) is 3.81. The van der Waals surface area contributed by atoms with E-state index < -0.39 is 0 Å². The van der Waals surface area contributed by atoms with E-state index in [0.29, 0.717) is 44.0 Å². The van der Waals surface area contributed by atoms with Crippen LogP contribution in [0.3, 0.4) is 0 Å². The average Bonchev–Trinajstić information content (AvgIpc) is 2.80. The van der Waals surface area contributed by atoms with Gasteiger partial charge in [-0.2, -0.15) is 0 Å². The van der Waals surface area contributed by atoms with Crippen molar-refractivity contribution >= 4 is 11.8 Å². The second-order valence-corrected chi connectivity index (χ2v) is 7.48. The number of benzene rings is 2. The topological polar surface area (TPSA) is 61.9 Å². The van der Waals surface area contributed by atoms with Crippen LogP contribution < -0.4 is 5.32 Å². The molecule has 1 aliphatic heterocycles. The molecule has 2 aromatic carbocycles. The zero-order chi connectivity index (χ0) is 22.2. The number of nitrogens with zero attached hydrogens (tertiary/aromatic N) is 2. The van der Waals surface area contributed by atoms with Crippen LogP contribution in [0.4, 0.5) is 4.39 Å². The number of carbonyl (C=O) groups excluding carboxylic acids is 2.